The van der Waals surface area contributed by atoms with E-state index in [0.717, 1.165) is 22.5 Å². The van der Waals surface area contributed by atoms with Gasteiger partial charge in [-0.05, 0) is 61.4 Å². The van der Waals surface area contributed by atoms with Gasteiger partial charge in [-0.25, -0.2) is 8.78 Å². The summed E-state index contributed by atoms with van der Waals surface area (Å²) in [5.74, 6) is -0.394. The Kier molecular flexibility index (Phi) is 4.72. The maximum atomic E-state index is 13.8. The Morgan fingerprint density at radius 1 is 0.800 bits per heavy atom. The summed E-state index contributed by atoms with van der Waals surface area (Å²) in [6, 6.07) is 8.96. The second kappa shape index (κ2) is 6.79. The van der Waals surface area contributed by atoms with Crippen LogP contribution in [0.4, 0.5) is 20.2 Å². The minimum Gasteiger partial charge on any atom is -0.361 e. The summed E-state index contributed by atoms with van der Waals surface area (Å²) in [5, 5.41) is 0. The normalized spacial score (nSPS) is 20.7. The van der Waals surface area contributed by atoms with Crippen molar-refractivity contribution in [2.24, 2.45) is 0 Å². The molecule has 0 saturated heterocycles. The van der Waals surface area contributed by atoms with Crippen LogP contribution in [0.2, 0.25) is 0 Å². The molecule has 2 aliphatic heterocycles. The van der Waals surface area contributed by atoms with Gasteiger partial charge < -0.3 is 9.80 Å². The molecule has 2 atom stereocenters. The van der Waals surface area contributed by atoms with Crippen molar-refractivity contribution in [3.05, 3.63) is 59.2 Å². The Morgan fingerprint density at radius 3 is 1.53 bits per heavy atom. The fourth-order valence-corrected chi connectivity index (χ4v) is 5.14. The van der Waals surface area contributed by atoms with Crippen LogP contribution >= 0.6 is 0 Å². The van der Waals surface area contributed by atoms with Gasteiger partial charge in [-0.2, -0.15) is 0 Å². The number of hydrogen-bond acceptors (Lipinski definition) is 3. The molecule has 0 fully saturated rings. The summed E-state index contributed by atoms with van der Waals surface area (Å²) in [4.78, 5) is 17.8. The zero-order valence-corrected chi connectivity index (χ0v) is 18.6. The van der Waals surface area contributed by atoms with Crippen molar-refractivity contribution in [1.29, 1.82) is 0 Å². The molecule has 5 heteroatoms. The number of ketones is 1. The molecule has 2 aromatic rings. The molecule has 30 heavy (non-hydrogen) atoms. The molecule has 0 aliphatic carbocycles. The van der Waals surface area contributed by atoms with Gasteiger partial charge in [0.15, 0.2) is 5.78 Å². The van der Waals surface area contributed by atoms with Crippen LogP contribution in [0.25, 0.3) is 0 Å². The highest BCUT2D eigenvalue weighted by molar-refractivity contribution is 5.95. The molecule has 0 N–H and O–H groups in total. The molecule has 2 heterocycles. The number of carbonyl (C=O) groups excluding carboxylic acids is 1. The van der Waals surface area contributed by atoms with E-state index in [1.807, 2.05) is 13.8 Å². The Balaban J connectivity index is 1.62. The highest BCUT2D eigenvalue weighted by Gasteiger charge is 2.43. The molecule has 2 unspecified atom stereocenters. The van der Waals surface area contributed by atoms with E-state index in [2.05, 4.69) is 37.5 Å². The van der Waals surface area contributed by atoms with Crippen LogP contribution < -0.4 is 9.80 Å². The van der Waals surface area contributed by atoms with Crippen LogP contribution in [-0.2, 0) is 15.6 Å². The Hall–Kier alpha value is -2.43. The zero-order chi connectivity index (χ0) is 22.0. The number of Topliss-reactive ketones (excluding diaryl/α,β-unsaturated/α-hetero) is 1. The number of halogens is 2. The fraction of sp³-hybridized carbons (Fsp3) is 0.480. The maximum absolute atomic E-state index is 13.8. The van der Waals surface area contributed by atoms with Crippen molar-refractivity contribution in [3.63, 3.8) is 0 Å². The predicted octanol–water partition coefficient (Wildman–Crippen LogP) is 5.21. The van der Waals surface area contributed by atoms with Crippen LogP contribution in [0.3, 0.4) is 0 Å². The van der Waals surface area contributed by atoms with Gasteiger partial charge in [0.05, 0.1) is 12.1 Å². The summed E-state index contributed by atoms with van der Waals surface area (Å²) < 4.78 is 27.7. The van der Waals surface area contributed by atoms with E-state index in [9.17, 15) is 13.6 Å². The second-order valence-corrected chi connectivity index (χ2v) is 10.1. The van der Waals surface area contributed by atoms with E-state index < -0.39 is 0 Å². The van der Waals surface area contributed by atoms with Crippen LogP contribution in [-0.4, -0.2) is 31.0 Å². The summed E-state index contributed by atoms with van der Waals surface area (Å²) >= 11 is 0. The smallest absolute Gasteiger partial charge is 0.176 e. The third-order valence-electron chi connectivity index (χ3n) is 6.88. The minimum atomic E-state index is -0.349. The molecule has 0 saturated carbocycles. The summed E-state index contributed by atoms with van der Waals surface area (Å²) in [6.07, 6.45) is 0. The number of anilines is 2. The molecule has 0 amide bonds. The fourth-order valence-electron chi connectivity index (χ4n) is 5.14. The lowest BCUT2D eigenvalue weighted by Crippen LogP contribution is -2.50. The van der Waals surface area contributed by atoms with Gasteiger partial charge in [-0.15, -0.1) is 0 Å². The summed E-state index contributed by atoms with van der Waals surface area (Å²) in [7, 11) is 0. The Bertz CT molecular complexity index is 935. The maximum Gasteiger partial charge on any atom is 0.176 e. The number of benzene rings is 2. The van der Waals surface area contributed by atoms with Gasteiger partial charge in [0.2, 0.25) is 0 Å². The third-order valence-corrected chi connectivity index (χ3v) is 6.88. The summed E-state index contributed by atoms with van der Waals surface area (Å²) in [6.45, 7) is 13.5. The van der Waals surface area contributed by atoms with Crippen LogP contribution in [0.15, 0.2) is 36.4 Å². The minimum absolute atomic E-state index is 0.107. The molecule has 0 bridgehead atoms. The van der Waals surface area contributed by atoms with Gasteiger partial charge in [0, 0.05) is 35.3 Å². The number of carbonyl (C=O) groups is 1. The summed E-state index contributed by atoms with van der Waals surface area (Å²) in [5.41, 5.74) is 3.29. The largest absolute Gasteiger partial charge is 0.361 e. The number of rotatable bonds is 4. The highest BCUT2D eigenvalue weighted by Crippen LogP contribution is 2.44. The molecule has 4 rings (SSSR count). The first-order valence-electron chi connectivity index (χ1n) is 10.6. The average molecular weight is 413 g/mol. The molecule has 3 nitrogen and oxygen atoms in total. The zero-order valence-electron chi connectivity index (χ0n) is 18.6. The molecule has 0 spiro atoms. The van der Waals surface area contributed by atoms with Crippen LogP contribution in [0.1, 0.15) is 52.7 Å². The van der Waals surface area contributed by atoms with Crippen molar-refractivity contribution >= 4 is 17.2 Å². The van der Waals surface area contributed by atoms with Crippen molar-refractivity contribution < 1.29 is 13.6 Å². The van der Waals surface area contributed by atoms with Crippen molar-refractivity contribution in [2.45, 2.75) is 64.5 Å². The quantitative estimate of drug-likeness (QED) is 0.689. The number of hydrogen-bond donors (Lipinski definition) is 0. The van der Waals surface area contributed by atoms with Crippen molar-refractivity contribution in [1.82, 2.24) is 0 Å². The standard InChI is InChI=1S/C25H30F2N2O/c1-15(28-13-24(3,4)19-11-17(26)7-9-21(19)28)23(30)16(2)29-14-25(5,6)20-12-18(27)8-10-22(20)29/h7-12,15-16H,13-14H2,1-6H3. The van der Waals surface area contributed by atoms with E-state index >= 15 is 0 Å². The van der Waals surface area contributed by atoms with E-state index in [1.165, 1.54) is 12.1 Å². The first-order chi connectivity index (χ1) is 13.9. The second-order valence-electron chi connectivity index (χ2n) is 10.1. The van der Waals surface area contributed by atoms with Crippen LogP contribution in [0, 0.1) is 11.6 Å². The lowest BCUT2D eigenvalue weighted by atomic mass is 9.87. The van der Waals surface area contributed by atoms with Gasteiger partial charge >= 0.3 is 0 Å². The van der Waals surface area contributed by atoms with Gasteiger partial charge in [-0.3, -0.25) is 4.79 Å². The molecular formula is C25H30F2N2O. The highest BCUT2D eigenvalue weighted by atomic mass is 19.1. The van der Waals surface area contributed by atoms with E-state index in [4.69, 9.17) is 0 Å². The van der Waals surface area contributed by atoms with Crippen molar-refractivity contribution in [2.75, 3.05) is 22.9 Å². The lowest BCUT2D eigenvalue weighted by Gasteiger charge is -2.34. The van der Waals surface area contributed by atoms with Gasteiger partial charge in [-0.1, -0.05) is 27.7 Å². The number of fused-ring (bicyclic) bond motifs is 2. The Morgan fingerprint density at radius 2 is 1.17 bits per heavy atom. The molecular weight excluding hydrogens is 382 g/mol. The van der Waals surface area contributed by atoms with Gasteiger partial charge in [0.1, 0.15) is 11.6 Å². The molecule has 2 aliphatic rings. The first kappa shape index (κ1) is 20.8. The average Bonchev–Trinajstić information content (AvgIpc) is 3.10. The van der Waals surface area contributed by atoms with Crippen molar-refractivity contribution in [3.8, 4) is 0 Å². The molecule has 0 aromatic heterocycles. The Labute approximate surface area is 177 Å². The molecule has 0 radical (unpaired) electrons. The number of nitrogens with zero attached hydrogens (tertiary/aromatic N) is 2. The lowest BCUT2D eigenvalue weighted by molar-refractivity contribution is -0.121. The van der Waals surface area contributed by atoms with E-state index in [1.54, 1.807) is 24.3 Å². The molecule has 2 aromatic carbocycles. The predicted molar refractivity (Wildman–Crippen MR) is 117 cm³/mol. The molecule has 160 valence electrons. The SMILES string of the molecule is CC(C(=O)C(C)N1CC(C)(C)c2cc(F)ccc21)N1CC(C)(C)c2cc(F)ccc21. The van der Waals surface area contributed by atoms with E-state index in [-0.39, 0.29) is 40.3 Å². The topological polar surface area (TPSA) is 23.6 Å². The van der Waals surface area contributed by atoms with Crippen LogP contribution in [0.5, 0.6) is 0 Å². The van der Waals surface area contributed by atoms with Gasteiger partial charge in [0.25, 0.3) is 0 Å². The van der Waals surface area contributed by atoms with E-state index in [0.29, 0.717) is 13.1 Å². The first-order valence-corrected chi connectivity index (χ1v) is 10.6. The monoisotopic (exact) mass is 412 g/mol. The third kappa shape index (κ3) is 3.19.